The molecule has 0 unspecified atom stereocenters. The maximum Gasteiger partial charge on any atom is 0.252 e. The minimum absolute atomic E-state index is 0.0570. The van der Waals surface area contributed by atoms with E-state index >= 15 is 0 Å². The molecule has 1 aromatic heterocycles. The Morgan fingerprint density at radius 2 is 2.17 bits per heavy atom. The Balaban J connectivity index is 1.90. The average Bonchev–Trinajstić information content (AvgIpc) is 2.89. The highest BCUT2D eigenvalue weighted by molar-refractivity contribution is 5.94. The predicted molar refractivity (Wildman–Crippen MR) is 72.6 cm³/mol. The van der Waals surface area contributed by atoms with Crippen LogP contribution >= 0.6 is 0 Å². The predicted octanol–water partition coefficient (Wildman–Crippen LogP) is 2.35. The highest BCUT2D eigenvalue weighted by Crippen LogP contribution is 2.15. The third kappa shape index (κ3) is 3.32. The van der Waals surface area contributed by atoms with Gasteiger partial charge in [-0.25, -0.2) is 4.98 Å². The quantitative estimate of drug-likeness (QED) is 0.783. The molecule has 0 spiro atoms. The minimum atomic E-state index is -0.0570. The van der Waals surface area contributed by atoms with Gasteiger partial charge in [0, 0.05) is 18.8 Å². The van der Waals surface area contributed by atoms with Crippen LogP contribution in [0.2, 0.25) is 0 Å². The average molecular weight is 245 g/mol. The van der Waals surface area contributed by atoms with Gasteiger partial charge in [-0.05, 0) is 31.4 Å². The lowest BCUT2D eigenvalue weighted by Gasteiger charge is -2.12. The van der Waals surface area contributed by atoms with Crippen molar-refractivity contribution in [2.24, 2.45) is 0 Å². The van der Waals surface area contributed by atoms with Gasteiger partial charge in [0.2, 0.25) is 0 Å². The van der Waals surface area contributed by atoms with Gasteiger partial charge in [0.05, 0.1) is 5.56 Å². The molecule has 1 aromatic rings. The summed E-state index contributed by atoms with van der Waals surface area (Å²) in [5, 5.41) is 6.18. The Hall–Kier alpha value is -1.84. The number of anilines is 1. The van der Waals surface area contributed by atoms with E-state index in [0.29, 0.717) is 18.2 Å². The van der Waals surface area contributed by atoms with E-state index < -0.39 is 0 Å². The second-order valence-electron chi connectivity index (χ2n) is 4.47. The molecule has 0 aliphatic heterocycles. The topological polar surface area (TPSA) is 54.0 Å². The third-order valence-electron chi connectivity index (χ3n) is 2.92. The van der Waals surface area contributed by atoms with E-state index in [1.807, 2.05) is 19.1 Å². The molecule has 0 saturated heterocycles. The third-order valence-corrected chi connectivity index (χ3v) is 2.92. The lowest BCUT2D eigenvalue weighted by atomic mass is 10.2. The van der Waals surface area contributed by atoms with Crippen LogP contribution in [0.4, 0.5) is 5.82 Å². The first-order valence-electron chi connectivity index (χ1n) is 6.45. The molecular weight excluding hydrogens is 226 g/mol. The molecule has 18 heavy (non-hydrogen) atoms. The molecular formula is C14H19N3O. The molecule has 4 nitrogen and oxygen atoms in total. The molecule has 0 radical (unpaired) electrons. The van der Waals surface area contributed by atoms with Crippen LogP contribution in [0.3, 0.4) is 0 Å². The SMILES string of the molecule is CCCNC(=O)c1ccc(NC2CC=CC2)nc1. The summed E-state index contributed by atoms with van der Waals surface area (Å²) in [6.45, 7) is 2.73. The lowest BCUT2D eigenvalue weighted by Crippen LogP contribution is -2.24. The fraction of sp³-hybridized carbons (Fsp3) is 0.429. The number of hydrogen-bond acceptors (Lipinski definition) is 3. The molecule has 0 saturated carbocycles. The second-order valence-corrected chi connectivity index (χ2v) is 4.47. The highest BCUT2D eigenvalue weighted by Gasteiger charge is 2.10. The molecule has 0 aromatic carbocycles. The van der Waals surface area contributed by atoms with Crippen molar-refractivity contribution in [1.29, 1.82) is 0 Å². The number of pyridine rings is 1. The normalized spacial score (nSPS) is 14.7. The van der Waals surface area contributed by atoms with Crippen molar-refractivity contribution in [2.75, 3.05) is 11.9 Å². The monoisotopic (exact) mass is 245 g/mol. The maximum absolute atomic E-state index is 11.7. The zero-order valence-electron chi connectivity index (χ0n) is 10.6. The van der Waals surface area contributed by atoms with E-state index in [4.69, 9.17) is 0 Å². The summed E-state index contributed by atoms with van der Waals surface area (Å²) in [4.78, 5) is 15.9. The first-order valence-corrected chi connectivity index (χ1v) is 6.45. The van der Waals surface area contributed by atoms with Gasteiger partial charge < -0.3 is 10.6 Å². The van der Waals surface area contributed by atoms with Gasteiger partial charge in [-0.15, -0.1) is 0 Å². The lowest BCUT2D eigenvalue weighted by molar-refractivity contribution is 0.0953. The minimum Gasteiger partial charge on any atom is -0.367 e. The van der Waals surface area contributed by atoms with E-state index in [0.717, 1.165) is 25.1 Å². The van der Waals surface area contributed by atoms with Crippen molar-refractivity contribution in [2.45, 2.75) is 32.2 Å². The Bertz CT molecular complexity index is 417. The van der Waals surface area contributed by atoms with E-state index in [1.54, 1.807) is 6.20 Å². The zero-order valence-corrected chi connectivity index (χ0v) is 10.6. The fourth-order valence-electron chi connectivity index (χ4n) is 1.90. The van der Waals surface area contributed by atoms with Crippen molar-refractivity contribution >= 4 is 11.7 Å². The number of amides is 1. The molecule has 96 valence electrons. The van der Waals surface area contributed by atoms with Crippen LogP contribution in [0, 0.1) is 0 Å². The van der Waals surface area contributed by atoms with Gasteiger partial charge in [-0.3, -0.25) is 4.79 Å². The number of nitrogens with one attached hydrogen (secondary N) is 2. The van der Waals surface area contributed by atoms with Crippen molar-refractivity contribution < 1.29 is 4.79 Å². The second kappa shape index (κ2) is 6.19. The summed E-state index contributed by atoms with van der Waals surface area (Å²) in [6, 6.07) is 4.11. The Kier molecular flexibility index (Phi) is 4.34. The van der Waals surface area contributed by atoms with Crippen molar-refractivity contribution in [3.05, 3.63) is 36.0 Å². The Morgan fingerprint density at radius 1 is 1.39 bits per heavy atom. The molecule has 2 N–H and O–H groups in total. The van der Waals surface area contributed by atoms with Crippen LogP contribution in [-0.2, 0) is 0 Å². The molecule has 4 heteroatoms. The van der Waals surface area contributed by atoms with Gasteiger partial charge in [0.25, 0.3) is 5.91 Å². The van der Waals surface area contributed by atoms with Crippen LogP contribution in [0.1, 0.15) is 36.5 Å². The Morgan fingerprint density at radius 3 is 2.78 bits per heavy atom. The number of carbonyl (C=O) groups excluding carboxylic acids is 1. The van der Waals surface area contributed by atoms with E-state index in [9.17, 15) is 4.79 Å². The molecule has 0 bridgehead atoms. The van der Waals surface area contributed by atoms with Gasteiger partial charge in [-0.2, -0.15) is 0 Å². The number of aromatic nitrogens is 1. The van der Waals surface area contributed by atoms with Crippen molar-refractivity contribution in [3.8, 4) is 0 Å². The molecule has 2 rings (SSSR count). The molecule has 1 aliphatic carbocycles. The fourth-order valence-corrected chi connectivity index (χ4v) is 1.90. The molecule has 0 fully saturated rings. The summed E-state index contributed by atoms with van der Waals surface area (Å²) < 4.78 is 0. The first kappa shape index (κ1) is 12.6. The number of carbonyl (C=O) groups is 1. The van der Waals surface area contributed by atoms with E-state index in [-0.39, 0.29) is 5.91 Å². The van der Waals surface area contributed by atoms with Crippen molar-refractivity contribution in [3.63, 3.8) is 0 Å². The molecule has 1 heterocycles. The van der Waals surface area contributed by atoms with Gasteiger partial charge >= 0.3 is 0 Å². The molecule has 1 amide bonds. The van der Waals surface area contributed by atoms with Crippen LogP contribution in [-0.4, -0.2) is 23.5 Å². The summed E-state index contributed by atoms with van der Waals surface area (Å²) in [7, 11) is 0. The van der Waals surface area contributed by atoms with E-state index in [2.05, 4.69) is 27.8 Å². The largest absolute Gasteiger partial charge is 0.367 e. The van der Waals surface area contributed by atoms with Crippen LogP contribution in [0.5, 0.6) is 0 Å². The zero-order chi connectivity index (χ0) is 12.8. The summed E-state index contributed by atoms with van der Waals surface area (Å²) in [6.07, 6.45) is 8.98. The summed E-state index contributed by atoms with van der Waals surface area (Å²) in [5.41, 5.74) is 0.610. The summed E-state index contributed by atoms with van der Waals surface area (Å²) >= 11 is 0. The van der Waals surface area contributed by atoms with Crippen LogP contribution in [0.25, 0.3) is 0 Å². The first-order chi connectivity index (χ1) is 8.79. The van der Waals surface area contributed by atoms with Gasteiger partial charge in [0.1, 0.15) is 5.82 Å². The van der Waals surface area contributed by atoms with Gasteiger partial charge in [0.15, 0.2) is 0 Å². The highest BCUT2D eigenvalue weighted by atomic mass is 16.1. The standard InChI is InChI=1S/C14H19N3O/c1-2-9-15-14(18)11-7-8-13(16-10-11)17-12-5-3-4-6-12/h3-4,7-8,10,12H,2,5-6,9H2,1H3,(H,15,18)(H,16,17). The van der Waals surface area contributed by atoms with E-state index in [1.165, 1.54) is 0 Å². The van der Waals surface area contributed by atoms with Gasteiger partial charge in [-0.1, -0.05) is 19.1 Å². The maximum atomic E-state index is 11.7. The molecule has 1 aliphatic rings. The van der Waals surface area contributed by atoms with Crippen LogP contribution < -0.4 is 10.6 Å². The number of nitrogens with zero attached hydrogens (tertiary/aromatic N) is 1. The number of rotatable bonds is 5. The Labute approximate surface area is 108 Å². The summed E-state index contributed by atoms with van der Waals surface area (Å²) in [5.74, 6) is 0.772. The molecule has 0 atom stereocenters. The smallest absolute Gasteiger partial charge is 0.252 e. The van der Waals surface area contributed by atoms with Crippen molar-refractivity contribution in [1.82, 2.24) is 10.3 Å². The number of hydrogen-bond donors (Lipinski definition) is 2. The van der Waals surface area contributed by atoms with Crippen LogP contribution in [0.15, 0.2) is 30.5 Å².